The Balaban J connectivity index is 1.44. The number of ether oxygens (including phenoxy) is 3. The molecule has 2 saturated carbocycles. The molecular formula is C21H27NO6. The lowest BCUT2D eigenvalue weighted by atomic mass is 9.84. The second-order valence-electron chi connectivity index (χ2n) is 7.66. The molecule has 28 heavy (non-hydrogen) atoms. The normalized spacial score (nSPS) is 23.7. The number of rotatable bonds is 8. The molecule has 0 radical (unpaired) electrons. The second-order valence-corrected chi connectivity index (χ2v) is 7.66. The number of carbonyl (C=O) groups is 3. The summed E-state index contributed by atoms with van der Waals surface area (Å²) in [7, 11) is 1.27. The zero-order chi connectivity index (χ0) is 20.1. The van der Waals surface area contributed by atoms with Crippen molar-refractivity contribution in [2.75, 3.05) is 20.3 Å². The molecule has 4 atom stereocenters. The van der Waals surface area contributed by atoms with E-state index in [-0.39, 0.29) is 30.7 Å². The zero-order valence-corrected chi connectivity index (χ0v) is 16.3. The van der Waals surface area contributed by atoms with Crippen LogP contribution in [-0.4, -0.2) is 44.2 Å². The van der Waals surface area contributed by atoms with Gasteiger partial charge in [0, 0.05) is 6.04 Å². The SMILES string of the molecule is COC(=O)COc1cccc(C(=O)OCC(=O)NC(C)C2CC3CCC2C3)c1. The minimum absolute atomic E-state index is 0.0940. The van der Waals surface area contributed by atoms with Crippen LogP contribution in [0.2, 0.25) is 0 Å². The fourth-order valence-electron chi connectivity index (χ4n) is 4.44. The molecular weight excluding hydrogens is 362 g/mol. The maximum absolute atomic E-state index is 12.2. The summed E-state index contributed by atoms with van der Waals surface area (Å²) in [6, 6.07) is 6.34. The van der Waals surface area contributed by atoms with Gasteiger partial charge in [-0.25, -0.2) is 9.59 Å². The summed E-state index contributed by atoms with van der Waals surface area (Å²) in [4.78, 5) is 35.5. The third-order valence-corrected chi connectivity index (χ3v) is 5.81. The van der Waals surface area contributed by atoms with Crippen molar-refractivity contribution in [1.29, 1.82) is 0 Å². The lowest BCUT2D eigenvalue weighted by Gasteiger charge is -2.28. The third-order valence-electron chi connectivity index (χ3n) is 5.81. The smallest absolute Gasteiger partial charge is 0.343 e. The molecule has 4 unspecified atom stereocenters. The van der Waals surface area contributed by atoms with E-state index in [2.05, 4.69) is 10.1 Å². The van der Waals surface area contributed by atoms with Gasteiger partial charge in [-0.3, -0.25) is 4.79 Å². The molecule has 0 heterocycles. The monoisotopic (exact) mass is 389 g/mol. The van der Waals surface area contributed by atoms with Crippen molar-refractivity contribution in [1.82, 2.24) is 5.32 Å². The van der Waals surface area contributed by atoms with Crippen LogP contribution < -0.4 is 10.1 Å². The van der Waals surface area contributed by atoms with E-state index < -0.39 is 11.9 Å². The Morgan fingerprint density at radius 2 is 2.00 bits per heavy atom. The average Bonchev–Trinajstić information content (AvgIpc) is 3.34. The average molecular weight is 389 g/mol. The first-order chi connectivity index (χ1) is 13.5. The van der Waals surface area contributed by atoms with Crippen LogP contribution >= 0.6 is 0 Å². The van der Waals surface area contributed by atoms with E-state index in [0.29, 0.717) is 11.7 Å². The summed E-state index contributed by atoms with van der Waals surface area (Å²) in [5, 5.41) is 2.97. The highest BCUT2D eigenvalue weighted by atomic mass is 16.6. The standard InChI is InChI=1S/C21H27NO6/c1-13(18-9-14-6-7-15(18)8-14)22-19(23)11-28-21(25)16-4-3-5-17(10-16)27-12-20(24)26-2/h3-5,10,13-15,18H,6-9,11-12H2,1-2H3,(H,22,23). The summed E-state index contributed by atoms with van der Waals surface area (Å²) < 4.78 is 14.9. The minimum Gasteiger partial charge on any atom is -0.482 e. The fraction of sp³-hybridized carbons (Fsp3) is 0.571. The molecule has 2 aliphatic rings. The first kappa shape index (κ1) is 20.2. The molecule has 7 heteroatoms. The first-order valence-corrected chi connectivity index (χ1v) is 9.72. The van der Waals surface area contributed by atoms with Gasteiger partial charge in [0.05, 0.1) is 12.7 Å². The van der Waals surface area contributed by atoms with Crippen LogP contribution in [0.3, 0.4) is 0 Å². The summed E-state index contributed by atoms with van der Waals surface area (Å²) in [6.07, 6.45) is 5.05. The van der Waals surface area contributed by atoms with Crippen LogP contribution in [0.25, 0.3) is 0 Å². The molecule has 1 amide bonds. The van der Waals surface area contributed by atoms with Crippen LogP contribution in [-0.2, 0) is 19.1 Å². The summed E-state index contributed by atoms with van der Waals surface area (Å²) in [5.41, 5.74) is 0.247. The number of esters is 2. The quantitative estimate of drug-likeness (QED) is 0.686. The van der Waals surface area contributed by atoms with Gasteiger partial charge in [-0.2, -0.15) is 0 Å². The van der Waals surface area contributed by atoms with Crippen LogP contribution in [0, 0.1) is 17.8 Å². The fourth-order valence-corrected chi connectivity index (χ4v) is 4.44. The summed E-state index contributed by atoms with van der Waals surface area (Å²) in [6.45, 7) is 1.46. The lowest BCUT2D eigenvalue weighted by Crippen LogP contribution is -2.42. The van der Waals surface area contributed by atoms with Gasteiger partial charge in [0.25, 0.3) is 5.91 Å². The Morgan fingerprint density at radius 3 is 2.68 bits per heavy atom. The Morgan fingerprint density at radius 1 is 1.18 bits per heavy atom. The molecule has 0 aromatic heterocycles. The largest absolute Gasteiger partial charge is 0.482 e. The van der Waals surface area contributed by atoms with Gasteiger partial charge in [-0.05, 0) is 62.1 Å². The molecule has 0 saturated heterocycles. The molecule has 2 aliphatic carbocycles. The minimum atomic E-state index is -0.619. The van der Waals surface area contributed by atoms with Crippen molar-refractivity contribution < 1.29 is 28.6 Å². The maximum Gasteiger partial charge on any atom is 0.343 e. The van der Waals surface area contributed by atoms with Gasteiger partial charge in [0.2, 0.25) is 0 Å². The van der Waals surface area contributed by atoms with E-state index >= 15 is 0 Å². The predicted molar refractivity (Wildman–Crippen MR) is 101 cm³/mol. The van der Waals surface area contributed by atoms with E-state index in [0.717, 1.165) is 11.8 Å². The van der Waals surface area contributed by atoms with E-state index in [4.69, 9.17) is 9.47 Å². The molecule has 3 rings (SSSR count). The highest BCUT2D eigenvalue weighted by molar-refractivity contribution is 5.91. The predicted octanol–water partition coefficient (Wildman–Crippen LogP) is 2.34. The molecule has 7 nitrogen and oxygen atoms in total. The molecule has 0 aliphatic heterocycles. The highest BCUT2D eigenvalue weighted by Gasteiger charge is 2.42. The van der Waals surface area contributed by atoms with Crippen LogP contribution in [0.1, 0.15) is 43.0 Å². The molecule has 1 aromatic carbocycles. The topological polar surface area (TPSA) is 90.9 Å². The Kier molecular flexibility index (Phi) is 6.54. The van der Waals surface area contributed by atoms with Gasteiger partial charge in [0.15, 0.2) is 13.2 Å². The van der Waals surface area contributed by atoms with Crippen molar-refractivity contribution in [3.05, 3.63) is 29.8 Å². The van der Waals surface area contributed by atoms with Crippen molar-refractivity contribution in [3.63, 3.8) is 0 Å². The third kappa shape index (κ3) is 5.03. The summed E-state index contributed by atoms with van der Waals surface area (Å²) >= 11 is 0. The number of nitrogens with one attached hydrogen (secondary N) is 1. The molecule has 2 fully saturated rings. The Bertz CT molecular complexity index is 733. The molecule has 0 spiro atoms. The Hall–Kier alpha value is -2.57. The molecule has 2 bridgehead atoms. The van der Waals surface area contributed by atoms with Crippen LogP contribution in [0.4, 0.5) is 0 Å². The van der Waals surface area contributed by atoms with E-state index in [1.807, 2.05) is 6.92 Å². The van der Waals surface area contributed by atoms with Crippen LogP contribution in [0.5, 0.6) is 5.75 Å². The number of carbonyl (C=O) groups excluding carboxylic acids is 3. The van der Waals surface area contributed by atoms with Crippen molar-refractivity contribution >= 4 is 17.8 Å². The second kappa shape index (κ2) is 9.08. The van der Waals surface area contributed by atoms with Gasteiger partial charge in [-0.1, -0.05) is 12.5 Å². The van der Waals surface area contributed by atoms with Crippen molar-refractivity contribution in [2.24, 2.45) is 17.8 Å². The van der Waals surface area contributed by atoms with Crippen molar-refractivity contribution in [3.8, 4) is 5.75 Å². The van der Waals surface area contributed by atoms with Crippen LogP contribution in [0.15, 0.2) is 24.3 Å². The molecule has 1 N–H and O–H groups in total. The number of benzene rings is 1. The van der Waals surface area contributed by atoms with Crippen molar-refractivity contribution in [2.45, 2.75) is 38.6 Å². The number of hydrogen-bond donors (Lipinski definition) is 1. The van der Waals surface area contributed by atoms with Gasteiger partial charge in [0.1, 0.15) is 5.75 Å². The number of amides is 1. The van der Waals surface area contributed by atoms with Gasteiger partial charge >= 0.3 is 11.9 Å². The van der Waals surface area contributed by atoms with E-state index in [1.165, 1.54) is 38.9 Å². The van der Waals surface area contributed by atoms with Gasteiger partial charge < -0.3 is 19.5 Å². The van der Waals surface area contributed by atoms with Gasteiger partial charge in [-0.15, -0.1) is 0 Å². The highest BCUT2D eigenvalue weighted by Crippen LogP contribution is 2.49. The number of methoxy groups -OCH3 is 1. The molecule has 1 aromatic rings. The molecule has 152 valence electrons. The Labute approximate surface area is 164 Å². The van der Waals surface area contributed by atoms with E-state index in [1.54, 1.807) is 18.2 Å². The lowest BCUT2D eigenvalue weighted by molar-refractivity contribution is -0.142. The zero-order valence-electron chi connectivity index (χ0n) is 16.3. The summed E-state index contributed by atoms with van der Waals surface area (Å²) in [5.74, 6) is 0.981. The van der Waals surface area contributed by atoms with E-state index in [9.17, 15) is 14.4 Å². The first-order valence-electron chi connectivity index (χ1n) is 9.72. The number of fused-ring (bicyclic) bond motifs is 2. The number of hydrogen-bond acceptors (Lipinski definition) is 6. The maximum atomic E-state index is 12.2.